The van der Waals surface area contributed by atoms with Crippen LogP contribution in [0.25, 0.3) is 0 Å². The molecule has 0 amide bonds. The average Bonchev–Trinajstić information content (AvgIpc) is 2.60. The van der Waals surface area contributed by atoms with E-state index in [2.05, 4.69) is 37.0 Å². The Labute approximate surface area is 102 Å². The second-order valence-electron chi connectivity index (χ2n) is 4.63. The minimum Gasteiger partial charge on any atom is -0.369 e. The molecule has 1 heterocycles. The molecule has 0 saturated carbocycles. The van der Waals surface area contributed by atoms with Gasteiger partial charge in [-0.3, -0.25) is 0 Å². The number of benzene rings is 1. The minimum absolute atomic E-state index is 0.584. The zero-order chi connectivity index (χ0) is 12.4. The van der Waals surface area contributed by atoms with E-state index in [1.54, 1.807) is 0 Å². The van der Waals surface area contributed by atoms with Crippen molar-refractivity contribution in [1.82, 2.24) is 9.55 Å². The summed E-state index contributed by atoms with van der Waals surface area (Å²) in [5.41, 5.74) is 10.8. The molecule has 0 fully saturated rings. The fraction of sp³-hybridized carbons (Fsp3) is 0.357. The van der Waals surface area contributed by atoms with Crippen molar-refractivity contribution < 1.29 is 0 Å². The van der Waals surface area contributed by atoms with Crippen molar-refractivity contribution in [1.29, 1.82) is 0 Å². The molecule has 0 aliphatic rings. The molecule has 0 unspecified atom stereocenters. The SMILES string of the molecule is Cc1ccc(C)c(CCc2cn(C)c(N)n2)c1. The summed E-state index contributed by atoms with van der Waals surface area (Å²) >= 11 is 0. The van der Waals surface area contributed by atoms with Crippen LogP contribution in [0.15, 0.2) is 24.4 Å². The first-order chi connectivity index (χ1) is 8.06. The molecule has 0 aliphatic carbocycles. The van der Waals surface area contributed by atoms with Gasteiger partial charge in [0.25, 0.3) is 0 Å². The van der Waals surface area contributed by atoms with E-state index in [9.17, 15) is 0 Å². The predicted molar refractivity (Wildman–Crippen MR) is 70.9 cm³/mol. The molecule has 90 valence electrons. The predicted octanol–water partition coefficient (Wildman–Crippen LogP) is 2.40. The summed E-state index contributed by atoms with van der Waals surface area (Å²) in [5.74, 6) is 0.584. The van der Waals surface area contributed by atoms with Crippen molar-refractivity contribution in [3.05, 3.63) is 46.8 Å². The summed E-state index contributed by atoms with van der Waals surface area (Å²) in [5, 5.41) is 0. The molecule has 3 heteroatoms. The number of nitrogens with zero attached hydrogens (tertiary/aromatic N) is 2. The number of nitrogen functional groups attached to an aromatic ring is 1. The van der Waals surface area contributed by atoms with Crippen molar-refractivity contribution in [3.8, 4) is 0 Å². The van der Waals surface area contributed by atoms with Crippen molar-refractivity contribution in [2.24, 2.45) is 7.05 Å². The van der Waals surface area contributed by atoms with Gasteiger partial charge in [0.05, 0.1) is 5.69 Å². The monoisotopic (exact) mass is 229 g/mol. The van der Waals surface area contributed by atoms with Gasteiger partial charge >= 0.3 is 0 Å². The summed E-state index contributed by atoms with van der Waals surface area (Å²) in [6.45, 7) is 4.28. The number of imidazole rings is 1. The Balaban J connectivity index is 2.09. The van der Waals surface area contributed by atoms with Gasteiger partial charge in [-0.05, 0) is 37.8 Å². The van der Waals surface area contributed by atoms with Crippen LogP contribution in [-0.4, -0.2) is 9.55 Å². The first-order valence-corrected chi connectivity index (χ1v) is 5.90. The smallest absolute Gasteiger partial charge is 0.200 e. The molecule has 0 spiro atoms. The van der Waals surface area contributed by atoms with Gasteiger partial charge in [0, 0.05) is 13.2 Å². The third-order valence-electron chi connectivity index (χ3n) is 3.12. The van der Waals surface area contributed by atoms with Crippen molar-refractivity contribution in [3.63, 3.8) is 0 Å². The van der Waals surface area contributed by atoms with Crippen molar-refractivity contribution >= 4 is 5.95 Å². The molecule has 2 N–H and O–H groups in total. The number of aryl methyl sites for hydroxylation is 5. The first kappa shape index (κ1) is 11.7. The highest BCUT2D eigenvalue weighted by atomic mass is 15.1. The summed E-state index contributed by atoms with van der Waals surface area (Å²) in [7, 11) is 1.92. The van der Waals surface area contributed by atoms with Crippen LogP contribution in [0.1, 0.15) is 22.4 Å². The number of anilines is 1. The Kier molecular flexibility index (Phi) is 3.18. The molecule has 0 aliphatic heterocycles. The maximum Gasteiger partial charge on any atom is 0.200 e. The second-order valence-corrected chi connectivity index (χ2v) is 4.63. The Morgan fingerprint density at radius 2 is 2.00 bits per heavy atom. The number of aromatic nitrogens is 2. The molecule has 2 aromatic rings. The van der Waals surface area contributed by atoms with Crippen molar-refractivity contribution in [2.75, 3.05) is 5.73 Å². The van der Waals surface area contributed by atoms with E-state index >= 15 is 0 Å². The normalized spacial score (nSPS) is 10.8. The number of hydrogen-bond donors (Lipinski definition) is 1. The van der Waals surface area contributed by atoms with Gasteiger partial charge < -0.3 is 10.3 Å². The largest absolute Gasteiger partial charge is 0.369 e. The lowest BCUT2D eigenvalue weighted by Gasteiger charge is -2.05. The molecule has 0 radical (unpaired) electrons. The van der Waals surface area contributed by atoms with Gasteiger partial charge in [-0.15, -0.1) is 0 Å². The van der Waals surface area contributed by atoms with Crippen LogP contribution in [0.2, 0.25) is 0 Å². The summed E-state index contributed by atoms with van der Waals surface area (Å²) in [6.07, 6.45) is 3.96. The minimum atomic E-state index is 0.584. The van der Waals surface area contributed by atoms with Crippen LogP contribution in [0.5, 0.6) is 0 Å². The van der Waals surface area contributed by atoms with E-state index in [-0.39, 0.29) is 0 Å². The van der Waals surface area contributed by atoms with Crippen molar-refractivity contribution in [2.45, 2.75) is 26.7 Å². The van der Waals surface area contributed by atoms with Gasteiger partial charge in [-0.25, -0.2) is 4.98 Å². The molecule has 1 aromatic carbocycles. The summed E-state index contributed by atoms with van der Waals surface area (Å²) < 4.78 is 1.86. The third-order valence-corrected chi connectivity index (χ3v) is 3.12. The highest BCUT2D eigenvalue weighted by molar-refractivity contribution is 5.31. The molecule has 0 saturated heterocycles. The van der Waals surface area contributed by atoms with E-state index in [0.717, 1.165) is 18.5 Å². The Hall–Kier alpha value is -1.77. The topological polar surface area (TPSA) is 43.8 Å². The average molecular weight is 229 g/mol. The third kappa shape index (κ3) is 2.67. The molecular weight excluding hydrogens is 210 g/mol. The summed E-state index contributed by atoms with van der Waals surface area (Å²) in [6, 6.07) is 6.58. The molecule has 17 heavy (non-hydrogen) atoms. The zero-order valence-corrected chi connectivity index (χ0v) is 10.7. The zero-order valence-electron chi connectivity index (χ0n) is 10.7. The van der Waals surface area contributed by atoms with Crippen LogP contribution >= 0.6 is 0 Å². The lowest BCUT2D eigenvalue weighted by molar-refractivity contribution is 0.903. The highest BCUT2D eigenvalue weighted by Crippen LogP contribution is 2.14. The second kappa shape index (κ2) is 4.62. The van der Waals surface area contributed by atoms with E-state index in [4.69, 9.17) is 5.73 Å². The Morgan fingerprint density at radius 1 is 1.24 bits per heavy atom. The lowest BCUT2D eigenvalue weighted by Crippen LogP contribution is -1.96. The standard InChI is InChI=1S/C14H19N3/c1-10-4-5-11(2)12(8-10)6-7-13-9-17(3)14(15)16-13/h4-5,8-9H,6-7H2,1-3H3,(H2,15,16). The summed E-state index contributed by atoms with van der Waals surface area (Å²) in [4.78, 5) is 4.32. The van der Waals surface area contributed by atoms with E-state index in [1.807, 2.05) is 17.8 Å². The molecule has 1 aromatic heterocycles. The molecule has 0 atom stereocenters. The maximum absolute atomic E-state index is 5.72. The van der Waals surface area contributed by atoms with Crippen LogP contribution in [-0.2, 0) is 19.9 Å². The van der Waals surface area contributed by atoms with Gasteiger partial charge in [0.15, 0.2) is 5.95 Å². The Bertz CT molecular complexity index is 507. The number of rotatable bonds is 3. The van der Waals surface area contributed by atoms with Crippen LogP contribution in [0, 0.1) is 13.8 Å². The molecule has 0 bridgehead atoms. The maximum atomic E-state index is 5.72. The van der Waals surface area contributed by atoms with Crippen LogP contribution in [0.3, 0.4) is 0 Å². The fourth-order valence-electron chi connectivity index (χ4n) is 2.00. The Morgan fingerprint density at radius 3 is 2.65 bits per heavy atom. The molecule has 3 nitrogen and oxygen atoms in total. The molecular formula is C14H19N3. The number of nitrogens with two attached hydrogens (primary N) is 1. The van der Waals surface area contributed by atoms with E-state index in [0.29, 0.717) is 5.95 Å². The number of hydrogen-bond acceptors (Lipinski definition) is 2. The quantitative estimate of drug-likeness (QED) is 0.878. The van der Waals surface area contributed by atoms with E-state index < -0.39 is 0 Å². The van der Waals surface area contributed by atoms with Gasteiger partial charge in [-0.1, -0.05) is 23.8 Å². The molecule has 2 rings (SSSR count). The highest BCUT2D eigenvalue weighted by Gasteiger charge is 2.04. The van der Waals surface area contributed by atoms with Gasteiger partial charge in [0.1, 0.15) is 0 Å². The lowest BCUT2D eigenvalue weighted by atomic mass is 10.0. The van der Waals surface area contributed by atoms with Crippen LogP contribution in [0.4, 0.5) is 5.95 Å². The first-order valence-electron chi connectivity index (χ1n) is 5.90. The van der Waals surface area contributed by atoms with Gasteiger partial charge in [-0.2, -0.15) is 0 Å². The van der Waals surface area contributed by atoms with Crippen LogP contribution < -0.4 is 5.73 Å². The van der Waals surface area contributed by atoms with E-state index in [1.165, 1.54) is 16.7 Å². The van der Waals surface area contributed by atoms with Gasteiger partial charge in [0.2, 0.25) is 0 Å². The fourth-order valence-corrected chi connectivity index (χ4v) is 2.00.